The van der Waals surface area contributed by atoms with Crippen LogP contribution in [0.2, 0.25) is 0 Å². The Kier molecular flexibility index (Phi) is 2.33. The van der Waals surface area contributed by atoms with Gasteiger partial charge < -0.3 is 14.8 Å². The molecular formula is C13H17N3. The van der Waals surface area contributed by atoms with Crippen LogP contribution in [0.3, 0.4) is 0 Å². The van der Waals surface area contributed by atoms with Crippen molar-refractivity contribution in [3.63, 3.8) is 0 Å². The largest absolute Gasteiger partial charge is 0.367 e. The van der Waals surface area contributed by atoms with E-state index >= 15 is 0 Å². The first-order valence-electron chi connectivity index (χ1n) is 5.84. The number of para-hydroxylation sites is 1. The van der Waals surface area contributed by atoms with Crippen LogP contribution in [0.25, 0.3) is 10.9 Å². The Hall–Kier alpha value is -1.48. The van der Waals surface area contributed by atoms with Gasteiger partial charge in [-0.05, 0) is 19.2 Å². The Balaban J connectivity index is 1.96. The lowest BCUT2D eigenvalue weighted by atomic mass is 10.2. The van der Waals surface area contributed by atoms with E-state index in [1.165, 1.54) is 16.6 Å². The van der Waals surface area contributed by atoms with Gasteiger partial charge in [-0.3, -0.25) is 0 Å². The molecule has 1 aliphatic heterocycles. The van der Waals surface area contributed by atoms with Gasteiger partial charge in [0.1, 0.15) is 0 Å². The molecule has 0 atom stereocenters. The molecule has 1 aromatic heterocycles. The van der Waals surface area contributed by atoms with Gasteiger partial charge >= 0.3 is 0 Å². The van der Waals surface area contributed by atoms with Gasteiger partial charge in [-0.2, -0.15) is 0 Å². The van der Waals surface area contributed by atoms with Gasteiger partial charge in [0.15, 0.2) is 0 Å². The van der Waals surface area contributed by atoms with Crippen LogP contribution >= 0.6 is 0 Å². The number of H-pyrrole nitrogens is 1. The Morgan fingerprint density at radius 1 is 1.06 bits per heavy atom. The zero-order chi connectivity index (χ0) is 11.0. The molecule has 84 valence electrons. The molecule has 1 aromatic carbocycles. The summed E-state index contributed by atoms with van der Waals surface area (Å²) in [7, 11) is 2.19. The normalized spacial score (nSPS) is 18.2. The molecule has 1 aliphatic rings. The highest BCUT2D eigenvalue weighted by atomic mass is 15.2. The summed E-state index contributed by atoms with van der Waals surface area (Å²) in [5, 5.41) is 1.30. The second-order valence-corrected chi connectivity index (χ2v) is 4.51. The lowest BCUT2D eigenvalue weighted by Crippen LogP contribution is -2.44. The molecule has 1 N–H and O–H groups in total. The number of rotatable bonds is 1. The highest BCUT2D eigenvalue weighted by Crippen LogP contribution is 2.25. The van der Waals surface area contributed by atoms with Crippen LogP contribution in [0.1, 0.15) is 0 Å². The molecule has 1 saturated heterocycles. The maximum atomic E-state index is 3.34. The average molecular weight is 215 g/mol. The van der Waals surface area contributed by atoms with Crippen molar-refractivity contribution in [2.75, 3.05) is 38.1 Å². The fourth-order valence-corrected chi connectivity index (χ4v) is 2.38. The molecule has 0 aliphatic carbocycles. The summed E-state index contributed by atoms with van der Waals surface area (Å²) >= 11 is 0. The maximum absolute atomic E-state index is 3.34. The molecule has 0 amide bonds. The molecule has 0 unspecified atom stereocenters. The molecule has 3 heteroatoms. The summed E-state index contributed by atoms with van der Waals surface area (Å²) in [6.07, 6.45) is 2.02. The summed E-state index contributed by atoms with van der Waals surface area (Å²) in [6, 6.07) is 8.65. The van der Waals surface area contributed by atoms with E-state index in [0.29, 0.717) is 0 Å². The zero-order valence-corrected chi connectivity index (χ0v) is 9.61. The number of likely N-dealkylation sites (N-methyl/N-ethyl adjacent to an activating group) is 1. The number of piperazine rings is 1. The van der Waals surface area contributed by atoms with Crippen molar-refractivity contribution < 1.29 is 0 Å². The van der Waals surface area contributed by atoms with E-state index in [1.54, 1.807) is 0 Å². The minimum absolute atomic E-state index is 1.12. The van der Waals surface area contributed by atoms with Crippen molar-refractivity contribution in [1.29, 1.82) is 0 Å². The van der Waals surface area contributed by atoms with Gasteiger partial charge in [0.2, 0.25) is 0 Å². The predicted molar refractivity (Wildman–Crippen MR) is 68.0 cm³/mol. The van der Waals surface area contributed by atoms with E-state index in [1.807, 2.05) is 6.20 Å². The summed E-state index contributed by atoms with van der Waals surface area (Å²) < 4.78 is 0. The predicted octanol–water partition coefficient (Wildman–Crippen LogP) is 1.92. The number of hydrogen-bond donors (Lipinski definition) is 1. The number of aromatic amines is 1. The van der Waals surface area contributed by atoms with Crippen LogP contribution in [-0.4, -0.2) is 43.1 Å². The fourth-order valence-electron chi connectivity index (χ4n) is 2.38. The van der Waals surface area contributed by atoms with E-state index in [-0.39, 0.29) is 0 Å². The van der Waals surface area contributed by atoms with E-state index < -0.39 is 0 Å². The molecule has 3 nitrogen and oxygen atoms in total. The van der Waals surface area contributed by atoms with Crippen molar-refractivity contribution in [2.24, 2.45) is 0 Å². The van der Waals surface area contributed by atoms with Crippen LogP contribution < -0.4 is 4.90 Å². The second-order valence-electron chi connectivity index (χ2n) is 4.51. The second kappa shape index (κ2) is 3.83. The van der Waals surface area contributed by atoms with Crippen molar-refractivity contribution in [3.05, 3.63) is 30.5 Å². The summed E-state index contributed by atoms with van der Waals surface area (Å²) in [6.45, 7) is 4.54. The molecule has 1 fully saturated rings. The monoisotopic (exact) mass is 215 g/mol. The van der Waals surface area contributed by atoms with Crippen LogP contribution in [0.4, 0.5) is 5.69 Å². The van der Waals surface area contributed by atoms with Gasteiger partial charge in [0, 0.05) is 37.8 Å². The molecule has 2 aromatic rings. The fraction of sp³-hybridized carbons (Fsp3) is 0.385. The molecule has 16 heavy (non-hydrogen) atoms. The van der Waals surface area contributed by atoms with Gasteiger partial charge in [-0.25, -0.2) is 0 Å². The van der Waals surface area contributed by atoms with Crippen molar-refractivity contribution in [1.82, 2.24) is 9.88 Å². The number of anilines is 1. The SMILES string of the molecule is CN1CCN(c2cccc3cc[nH]c23)CC1. The van der Waals surface area contributed by atoms with Crippen LogP contribution in [-0.2, 0) is 0 Å². The molecular weight excluding hydrogens is 198 g/mol. The van der Waals surface area contributed by atoms with Gasteiger partial charge in [-0.1, -0.05) is 12.1 Å². The highest BCUT2D eigenvalue weighted by Gasteiger charge is 2.16. The zero-order valence-electron chi connectivity index (χ0n) is 9.61. The van der Waals surface area contributed by atoms with E-state index in [4.69, 9.17) is 0 Å². The topological polar surface area (TPSA) is 22.3 Å². The first-order chi connectivity index (χ1) is 7.84. The lowest BCUT2D eigenvalue weighted by molar-refractivity contribution is 0.313. The molecule has 0 saturated carbocycles. The standard InChI is InChI=1S/C13H17N3/c1-15-7-9-16(10-8-15)12-4-2-3-11-5-6-14-13(11)12/h2-6,14H,7-10H2,1H3. The smallest absolute Gasteiger partial charge is 0.0691 e. The van der Waals surface area contributed by atoms with Gasteiger partial charge in [-0.15, -0.1) is 0 Å². The molecule has 0 spiro atoms. The average Bonchev–Trinajstić information content (AvgIpc) is 2.78. The first-order valence-corrected chi connectivity index (χ1v) is 5.84. The first kappa shape index (κ1) is 9.73. The highest BCUT2D eigenvalue weighted by molar-refractivity contribution is 5.91. The Labute approximate surface area is 95.7 Å². The van der Waals surface area contributed by atoms with E-state index in [0.717, 1.165) is 26.2 Å². The number of nitrogens with one attached hydrogen (secondary N) is 1. The number of aromatic nitrogens is 1. The Morgan fingerprint density at radius 2 is 1.88 bits per heavy atom. The number of hydrogen-bond acceptors (Lipinski definition) is 2. The number of fused-ring (bicyclic) bond motifs is 1. The molecule has 3 rings (SSSR count). The Bertz CT molecular complexity index is 481. The van der Waals surface area contributed by atoms with Crippen molar-refractivity contribution in [3.8, 4) is 0 Å². The Morgan fingerprint density at radius 3 is 2.69 bits per heavy atom. The number of benzene rings is 1. The van der Waals surface area contributed by atoms with Crippen LogP contribution in [0.5, 0.6) is 0 Å². The minimum atomic E-state index is 1.12. The molecule has 0 radical (unpaired) electrons. The third-order valence-corrected chi connectivity index (χ3v) is 3.41. The minimum Gasteiger partial charge on any atom is -0.367 e. The van der Waals surface area contributed by atoms with Gasteiger partial charge in [0.05, 0.1) is 11.2 Å². The van der Waals surface area contributed by atoms with E-state index in [2.05, 4.69) is 46.1 Å². The summed E-state index contributed by atoms with van der Waals surface area (Å²) in [5.41, 5.74) is 2.61. The number of nitrogens with zero attached hydrogens (tertiary/aromatic N) is 2. The third kappa shape index (κ3) is 1.57. The van der Waals surface area contributed by atoms with Gasteiger partial charge in [0.25, 0.3) is 0 Å². The molecule has 2 heterocycles. The van der Waals surface area contributed by atoms with E-state index in [9.17, 15) is 0 Å². The van der Waals surface area contributed by atoms with Crippen molar-refractivity contribution >= 4 is 16.6 Å². The quantitative estimate of drug-likeness (QED) is 0.785. The maximum Gasteiger partial charge on any atom is 0.0691 e. The van der Waals surface area contributed by atoms with Crippen LogP contribution in [0.15, 0.2) is 30.5 Å². The summed E-state index contributed by atoms with van der Waals surface area (Å²) in [5.74, 6) is 0. The molecule has 0 bridgehead atoms. The summed E-state index contributed by atoms with van der Waals surface area (Å²) in [4.78, 5) is 8.19. The van der Waals surface area contributed by atoms with Crippen LogP contribution in [0, 0.1) is 0 Å². The lowest BCUT2D eigenvalue weighted by Gasteiger charge is -2.34. The van der Waals surface area contributed by atoms with Crippen molar-refractivity contribution in [2.45, 2.75) is 0 Å². The third-order valence-electron chi connectivity index (χ3n) is 3.41.